The lowest BCUT2D eigenvalue weighted by Gasteiger charge is -2.16. The van der Waals surface area contributed by atoms with Gasteiger partial charge in [-0.2, -0.15) is 5.10 Å². The highest BCUT2D eigenvalue weighted by Crippen LogP contribution is 2.46. The average Bonchev–Trinajstić information content (AvgIpc) is 3.56. The van der Waals surface area contributed by atoms with Gasteiger partial charge in [-0.05, 0) is 42.7 Å². The van der Waals surface area contributed by atoms with E-state index in [0.29, 0.717) is 41.0 Å². The van der Waals surface area contributed by atoms with Gasteiger partial charge in [0.05, 0.1) is 66.7 Å². The Morgan fingerprint density at radius 2 is 1.32 bits per heavy atom. The first-order valence-corrected chi connectivity index (χ1v) is 11.7. The lowest BCUT2D eigenvalue weighted by atomic mass is 9.92. The maximum atomic E-state index is 5.72. The Morgan fingerprint density at radius 3 is 1.86 bits per heavy atom. The quantitative estimate of drug-likeness (QED) is 0.326. The van der Waals surface area contributed by atoms with Crippen LogP contribution in [0.2, 0.25) is 0 Å². The molecule has 0 saturated carbocycles. The number of methoxy groups -OCH3 is 6. The number of rotatable bonds is 9. The normalized spacial score (nSPS) is 11.9. The predicted molar refractivity (Wildman–Crippen MR) is 135 cm³/mol. The van der Waals surface area contributed by atoms with Crippen molar-refractivity contribution in [2.24, 2.45) is 0 Å². The minimum absolute atomic E-state index is 0.479. The van der Waals surface area contributed by atoms with Crippen LogP contribution >= 0.6 is 0 Å². The molecule has 0 radical (unpaired) electrons. The molecule has 194 valence electrons. The molecule has 10 heteroatoms. The monoisotopic (exact) mass is 507 g/mol. The second kappa shape index (κ2) is 9.96. The SMILES string of the molecule is COc1cc(Cn2nc(-c3cc(OC)c(OC)c(OC)c3)c3c2CCc2cnoc2-3)cc(OC)c1OC. The third kappa shape index (κ3) is 4.08. The van der Waals surface area contributed by atoms with Gasteiger partial charge in [0.15, 0.2) is 28.8 Å². The molecule has 37 heavy (non-hydrogen) atoms. The van der Waals surface area contributed by atoms with E-state index in [4.69, 9.17) is 38.0 Å². The Balaban J connectivity index is 1.68. The number of aromatic nitrogens is 3. The van der Waals surface area contributed by atoms with Gasteiger partial charge in [0.25, 0.3) is 0 Å². The average molecular weight is 508 g/mol. The number of hydrogen-bond acceptors (Lipinski definition) is 9. The zero-order valence-corrected chi connectivity index (χ0v) is 21.7. The first kappa shape index (κ1) is 24.4. The molecule has 1 aliphatic rings. The minimum atomic E-state index is 0.479. The van der Waals surface area contributed by atoms with Crippen LogP contribution in [-0.2, 0) is 19.4 Å². The first-order chi connectivity index (χ1) is 18.1. The topological polar surface area (TPSA) is 99.2 Å². The van der Waals surface area contributed by atoms with Crippen molar-refractivity contribution < 1.29 is 32.9 Å². The van der Waals surface area contributed by atoms with E-state index in [1.165, 1.54) is 0 Å². The van der Waals surface area contributed by atoms with Crippen LogP contribution in [-0.4, -0.2) is 57.6 Å². The van der Waals surface area contributed by atoms with Gasteiger partial charge >= 0.3 is 0 Å². The number of fused-ring (bicyclic) bond motifs is 3. The standard InChI is InChI=1S/C27H29N3O7/c1-31-19-9-15(10-20(32-2)26(19)35-5)14-30-18-8-7-16-13-28-37-25(16)23(18)24(29-30)17-11-21(33-3)27(36-6)22(12-17)34-4/h9-13H,7-8,14H2,1-6H3. The van der Waals surface area contributed by atoms with Gasteiger partial charge in [-0.1, -0.05) is 5.16 Å². The third-order valence-corrected chi connectivity index (χ3v) is 6.56. The Bertz CT molecular complexity index is 1390. The number of ether oxygens (including phenoxy) is 6. The van der Waals surface area contributed by atoms with E-state index in [1.807, 2.05) is 28.9 Å². The molecule has 0 spiro atoms. The van der Waals surface area contributed by atoms with Crippen LogP contribution in [0.1, 0.15) is 16.8 Å². The van der Waals surface area contributed by atoms with Gasteiger partial charge in [0.1, 0.15) is 5.69 Å². The fourth-order valence-corrected chi connectivity index (χ4v) is 4.84. The van der Waals surface area contributed by atoms with E-state index < -0.39 is 0 Å². The van der Waals surface area contributed by atoms with Gasteiger partial charge in [0.2, 0.25) is 11.5 Å². The van der Waals surface area contributed by atoms with Crippen LogP contribution in [0.25, 0.3) is 22.6 Å². The van der Waals surface area contributed by atoms with Crippen LogP contribution in [0.4, 0.5) is 0 Å². The van der Waals surface area contributed by atoms with Crippen molar-refractivity contribution >= 4 is 0 Å². The molecule has 4 aromatic rings. The molecule has 0 aliphatic heterocycles. The summed E-state index contributed by atoms with van der Waals surface area (Å²) in [5.74, 6) is 4.03. The molecule has 5 rings (SSSR count). The summed E-state index contributed by atoms with van der Waals surface area (Å²) in [5, 5.41) is 9.12. The Kier molecular flexibility index (Phi) is 6.56. The van der Waals surface area contributed by atoms with E-state index >= 15 is 0 Å². The molecular formula is C27H29N3O7. The van der Waals surface area contributed by atoms with Gasteiger partial charge in [-0.15, -0.1) is 0 Å². The molecule has 0 atom stereocenters. The highest BCUT2D eigenvalue weighted by atomic mass is 16.5. The Labute approximate surface area is 214 Å². The summed E-state index contributed by atoms with van der Waals surface area (Å²) < 4.78 is 41.0. The second-order valence-corrected chi connectivity index (χ2v) is 8.46. The van der Waals surface area contributed by atoms with Crippen LogP contribution in [0, 0.1) is 0 Å². The maximum absolute atomic E-state index is 5.72. The van der Waals surface area contributed by atoms with Crippen LogP contribution in [0.15, 0.2) is 35.0 Å². The molecule has 2 aromatic heterocycles. The summed E-state index contributed by atoms with van der Waals surface area (Å²) in [6.45, 7) is 0.479. The number of hydrogen-bond donors (Lipinski definition) is 0. The van der Waals surface area contributed by atoms with E-state index in [-0.39, 0.29) is 0 Å². The molecule has 10 nitrogen and oxygen atoms in total. The van der Waals surface area contributed by atoms with Crippen molar-refractivity contribution in [2.75, 3.05) is 42.7 Å². The number of benzene rings is 2. The molecule has 0 N–H and O–H groups in total. The largest absolute Gasteiger partial charge is 0.493 e. The van der Waals surface area contributed by atoms with Crippen molar-refractivity contribution in [3.63, 3.8) is 0 Å². The fourth-order valence-electron chi connectivity index (χ4n) is 4.84. The zero-order valence-electron chi connectivity index (χ0n) is 21.7. The summed E-state index contributed by atoms with van der Waals surface area (Å²) in [6.07, 6.45) is 3.36. The molecule has 0 unspecified atom stereocenters. The van der Waals surface area contributed by atoms with Gasteiger partial charge in [-0.3, -0.25) is 4.68 Å². The van der Waals surface area contributed by atoms with Crippen molar-refractivity contribution in [3.8, 4) is 57.1 Å². The van der Waals surface area contributed by atoms with E-state index in [2.05, 4.69) is 5.16 Å². The highest BCUT2D eigenvalue weighted by molar-refractivity contribution is 5.84. The molecule has 2 heterocycles. The Hall–Kier alpha value is -4.34. The summed E-state index contributed by atoms with van der Waals surface area (Å²) in [7, 11) is 9.55. The Morgan fingerprint density at radius 1 is 0.757 bits per heavy atom. The molecule has 2 aromatic carbocycles. The summed E-state index contributed by atoms with van der Waals surface area (Å²) in [6, 6.07) is 7.63. The molecule has 0 bridgehead atoms. The summed E-state index contributed by atoms with van der Waals surface area (Å²) in [4.78, 5) is 0. The molecule has 0 amide bonds. The van der Waals surface area contributed by atoms with Crippen molar-refractivity contribution in [1.82, 2.24) is 14.9 Å². The van der Waals surface area contributed by atoms with Gasteiger partial charge in [-0.25, -0.2) is 0 Å². The van der Waals surface area contributed by atoms with Gasteiger partial charge < -0.3 is 32.9 Å². The lowest BCUT2D eigenvalue weighted by molar-refractivity contribution is 0.323. The van der Waals surface area contributed by atoms with E-state index in [0.717, 1.165) is 52.2 Å². The summed E-state index contributed by atoms with van der Waals surface area (Å²) in [5.41, 5.74) is 5.48. The van der Waals surface area contributed by atoms with E-state index in [9.17, 15) is 0 Å². The predicted octanol–water partition coefficient (Wildman–Crippen LogP) is 4.40. The zero-order chi connectivity index (χ0) is 26.1. The molecule has 1 aliphatic carbocycles. The van der Waals surface area contributed by atoms with Gasteiger partial charge in [0, 0.05) is 11.1 Å². The van der Waals surface area contributed by atoms with Crippen LogP contribution in [0.5, 0.6) is 34.5 Å². The van der Waals surface area contributed by atoms with E-state index in [1.54, 1.807) is 48.9 Å². The number of nitrogens with zero attached hydrogens (tertiary/aromatic N) is 3. The smallest absolute Gasteiger partial charge is 0.203 e. The maximum Gasteiger partial charge on any atom is 0.203 e. The minimum Gasteiger partial charge on any atom is -0.493 e. The van der Waals surface area contributed by atoms with Crippen LogP contribution < -0.4 is 28.4 Å². The molecule has 0 fully saturated rings. The summed E-state index contributed by atoms with van der Waals surface area (Å²) >= 11 is 0. The second-order valence-electron chi connectivity index (χ2n) is 8.46. The lowest BCUT2D eigenvalue weighted by Crippen LogP contribution is -2.10. The van der Waals surface area contributed by atoms with Crippen molar-refractivity contribution in [3.05, 3.63) is 47.3 Å². The fraction of sp³-hybridized carbons (Fsp3) is 0.333. The van der Waals surface area contributed by atoms with Crippen molar-refractivity contribution in [1.29, 1.82) is 0 Å². The van der Waals surface area contributed by atoms with Crippen molar-refractivity contribution in [2.45, 2.75) is 19.4 Å². The number of aryl methyl sites for hydroxylation is 1. The molecular weight excluding hydrogens is 478 g/mol. The highest BCUT2D eigenvalue weighted by Gasteiger charge is 2.30. The van der Waals surface area contributed by atoms with Crippen LogP contribution in [0.3, 0.4) is 0 Å². The first-order valence-electron chi connectivity index (χ1n) is 11.7. The third-order valence-electron chi connectivity index (χ3n) is 6.56. The molecule has 0 saturated heterocycles.